The molecule has 0 spiro atoms. The minimum absolute atomic E-state index is 0.0167. The molecule has 5 aromatic rings. The molecule has 0 saturated heterocycles. The van der Waals surface area contributed by atoms with E-state index in [1.165, 1.54) is 11.3 Å². The Labute approximate surface area is 163 Å². The minimum Gasteiger partial charge on any atom is -0.267 e. The first-order valence-corrected chi connectivity index (χ1v) is 10.2. The molecule has 5 heteroatoms. The van der Waals surface area contributed by atoms with Gasteiger partial charge < -0.3 is 0 Å². The molecule has 0 bridgehead atoms. The molecule has 0 radical (unpaired) electrons. The summed E-state index contributed by atoms with van der Waals surface area (Å²) in [7, 11) is 0. The van der Waals surface area contributed by atoms with Gasteiger partial charge in [0.05, 0.1) is 15.9 Å². The van der Waals surface area contributed by atoms with Crippen molar-refractivity contribution < 1.29 is 0 Å². The predicted octanol–water partition coefficient (Wildman–Crippen LogP) is 4.70. The number of hydrogen-bond donors (Lipinski definition) is 0. The van der Waals surface area contributed by atoms with E-state index < -0.39 is 0 Å². The first kappa shape index (κ1) is 16.2. The Morgan fingerprint density at radius 1 is 0.852 bits per heavy atom. The molecule has 2 aromatic carbocycles. The number of hydrogen-bond acceptors (Lipinski definition) is 4. The average molecular weight is 387 g/mol. The summed E-state index contributed by atoms with van der Waals surface area (Å²) in [4.78, 5) is 19.8. The molecule has 0 amide bonds. The Hall–Kier alpha value is -3.02. The van der Waals surface area contributed by atoms with Crippen LogP contribution < -0.4 is 10.1 Å². The molecule has 0 aliphatic rings. The zero-order valence-electron chi connectivity index (χ0n) is 14.2. The third kappa shape index (κ3) is 2.81. The largest absolute Gasteiger partial charge is 0.275 e. The van der Waals surface area contributed by atoms with Gasteiger partial charge in [-0.1, -0.05) is 78.1 Å². The molecule has 0 fully saturated rings. The fourth-order valence-electron chi connectivity index (χ4n) is 3.16. The molecule has 130 valence electrons. The lowest BCUT2D eigenvalue weighted by Crippen LogP contribution is -2.23. The van der Waals surface area contributed by atoms with Gasteiger partial charge in [-0.25, -0.2) is 9.38 Å². The fraction of sp³-hybridized carbons (Fsp3) is 0. The smallest absolute Gasteiger partial charge is 0.267 e. The van der Waals surface area contributed by atoms with Crippen LogP contribution in [-0.2, 0) is 0 Å². The van der Waals surface area contributed by atoms with Crippen molar-refractivity contribution in [3.8, 4) is 22.5 Å². The van der Waals surface area contributed by atoms with Gasteiger partial charge >= 0.3 is 0 Å². The van der Waals surface area contributed by atoms with Gasteiger partial charge in [-0.2, -0.15) is 0 Å². The minimum atomic E-state index is -0.0167. The van der Waals surface area contributed by atoms with Gasteiger partial charge in [0.15, 0.2) is 4.96 Å². The van der Waals surface area contributed by atoms with Crippen molar-refractivity contribution in [2.24, 2.45) is 0 Å². The van der Waals surface area contributed by atoms with Crippen molar-refractivity contribution in [2.75, 3.05) is 0 Å². The first-order valence-electron chi connectivity index (χ1n) is 8.52. The van der Waals surface area contributed by atoms with E-state index in [1.807, 2.05) is 84.3 Å². The summed E-state index contributed by atoms with van der Waals surface area (Å²) in [6.07, 6.45) is 1.95. The monoisotopic (exact) mass is 386 g/mol. The Bertz CT molecular complexity index is 1320. The summed E-state index contributed by atoms with van der Waals surface area (Å²) < 4.78 is 2.46. The Kier molecular flexibility index (Phi) is 3.96. The molecular weight excluding hydrogens is 372 g/mol. The number of thiazole rings is 1. The highest BCUT2D eigenvalue weighted by Gasteiger charge is 2.19. The molecule has 0 unspecified atom stereocenters. The van der Waals surface area contributed by atoms with Gasteiger partial charge in [-0.3, -0.25) is 4.79 Å². The average Bonchev–Trinajstić information content (AvgIpc) is 3.42. The van der Waals surface area contributed by atoms with E-state index in [2.05, 4.69) is 0 Å². The molecule has 3 heterocycles. The van der Waals surface area contributed by atoms with E-state index in [0.29, 0.717) is 4.53 Å². The third-order valence-electron chi connectivity index (χ3n) is 4.37. The Morgan fingerprint density at radius 2 is 1.56 bits per heavy atom. The highest BCUT2D eigenvalue weighted by Crippen LogP contribution is 2.32. The summed E-state index contributed by atoms with van der Waals surface area (Å²) in [5.74, 6) is 0. The second-order valence-corrected chi connectivity index (χ2v) is 8.08. The van der Waals surface area contributed by atoms with Crippen LogP contribution in [0.15, 0.2) is 83.0 Å². The molecule has 0 saturated carbocycles. The van der Waals surface area contributed by atoms with Crippen LogP contribution in [0.2, 0.25) is 0 Å². The van der Waals surface area contributed by atoms with Crippen molar-refractivity contribution in [1.29, 1.82) is 0 Å². The molecule has 3 aromatic heterocycles. The van der Waals surface area contributed by atoms with E-state index >= 15 is 0 Å². The molecule has 0 atom stereocenters. The molecule has 0 N–H and O–H groups in total. The number of rotatable bonds is 3. The lowest BCUT2D eigenvalue weighted by atomic mass is 10.1. The second-order valence-electron chi connectivity index (χ2n) is 6.09. The summed E-state index contributed by atoms with van der Waals surface area (Å²) in [6.45, 7) is 0. The van der Waals surface area contributed by atoms with Gasteiger partial charge in [-0.15, -0.1) is 11.3 Å². The summed E-state index contributed by atoms with van der Waals surface area (Å²) in [5, 5.41) is 2.01. The number of nitrogens with zero attached hydrogens (tertiary/aromatic N) is 2. The molecule has 0 aliphatic heterocycles. The third-order valence-corrected chi connectivity index (χ3v) is 6.16. The molecule has 3 nitrogen and oxygen atoms in total. The standard InChI is InChI=1S/C22H14N2OS2/c25-21-18(14-17-12-7-13-26-17)27-22-23-19(15-8-3-1-4-9-15)20(24(21)22)16-10-5-2-6-11-16/h1-14H. The highest BCUT2D eigenvalue weighted by molar-refractivity contribution is 7.15. The maximum atomic E-state index is 13.2. The van der Waals surface area contributed by atoms with Crippen molar-refractivity contribution in [2.45, 2.75) is 0 Å². The number of fused-ring (bicyclic) bond motifs is 1. The van der Waals surface area contributed by atoms with E-state index in [9.17, 15) is 4.79 Å². The summed E-state index contributed by atoms with van der Waals surface area (Å²) in [5.41, 5.74) is 3.67. The van der Waals surface area contributed by atoms with Crippen molar-refractivity contribution in [1.82, 2.24) is 9.38 Å². The van der Waals surface area contributed by atoms with Crippen LogP contribution in [-0.4, -0.2) is 9.38 Å². The van der Waals surface area contributed by atoms with Crippen LogP contribution in [0.5, 0.6) is 0 Å². The topological polar surface area (TPSA) is 34.4 Å². The van der Waals surface area contributed by atoms with Crippen molar-refractivity contribution in [3.63, 3.8) is 0 Å². The van der Waals surface area contributed by atoms with Crippen LogP contribution >= 0.6 is 22.7 Å². The van der Waals surface area contributed by atoms with E-state index in [0.717, 1.165) is 32.4 Å². The maximum absolute atomic E-state index is 13.2. The van der Waals surface area contributed by atoms with Gasteiger partial charge in [0.25, 0.3) is 5.56 Å². The van der Waals surface area contributed by atoms with Gasteiger partial charge in [0.2, 0.25) is 0 Å². The van der Waals surface area contributed by atoms with Gasteiger partial charge in [0.1, 0.15) is 0 Å². The predicted molar refractivity (Wildman–Crippen MR) is 113 cm³/mol. The Morgan fingerprint density at radius 3 is 2.22 bits per heavy atom. The Balaban J connectivity index is 1.84. The van der Waals surface area contributed by atoms with Crippen LogP contribution in [0.1, 0.15) is 4.88 Å². The van der Waals surface area contributed by atoms with Crippen LogP contribution in [0.25, 0.3) is 33.6 Å². The van der Waals surface area contributed by atoms with Crippen molar-refractivity contribution >= 4 is 33.7 Å². The lowest BCUT2D eigenvalue weighted by molar-refractivity contribution is 1.15. The zero-order valence-corrected chi connectivity index (χ0v) is 15.8. The number of aromatic nitrogens is 2. The number of benzene rings is 2. The summed E-state index contributed by atoms with van der Waals surface area (Å²) in [6, 6.07) is 24.0. The van der Waals surface area contributed by atoms with Gasteiger partial charge in [-0.05, 0) is 17.5 Å². The molecular formula is C22H14N2OS2. The highest BCUT2D eigenvalue weighted by atomic mass is 32.1. The normalized spacial score (nSPS) is 12.1. The zero-order chi connectivity index (χ0) is 18.2. The van der Waals surface area contributed by atoms with E-state index in [1.54, 1.807) is 15.7 Å². The first-order chi connectivity index (χ1) is 13.3. The number of thiophene rings is 1. The molecule has 27 heavy (non-hydrogen) atoms. The van der Waals surface area contributed by atoms with Crippen LogP contribution in [0, 0.1) is 0 Å². The van der Waals surface area contributed by atoms with E-state index in [-0.39, 0.29) is 5.56 Å². The maximum Gasteiger partial charge on any atom is 0.275 e. The van der Waals surface area contributed by atoms with Crippen molar-refractivity contribution in [3.05, 3.63) is 97.9 Å². The summed E-state index contributed by atoms with van der Waals surface area (Å²) >= 11 is 3.06. The number of imidazole rings is 1. The lowest BCUT2D eigenvalue weighted by Gasteiger charge is -2.04. The molecule has 5 rings (SSSR count). The SMILES string of the molecule is O=c1c(=Cc2cccs2)sc2nc(-c3ccccc3)c(-c3ccccc3)n12. The second kappa shape index (κ2) is 6.61. The van der Waals surface area contributed by atoms with Crippen LogP contribution in [0.3, 0.4) is 0 Å². The van der Waals surface area contributed by atoms with E-state index in [4.69, 9.17) is 4.98 Å². The molecule has 0 aliphatic carbocycles. The quantitative estimate of drug-likeness (QED) is 0.450. The van der Waals surface area contributed by atoms with Gasteiger partial charge in [0, 0.05) is 16.0 Å². The fourth-order valence-corrected chi connectivity index (χ4v) is 4.86. The van der Waals surface area contributed by atoms with Crippen LogP contribution in [0.4, 0.5) is 0 Å².